The number of ether oxygens (including phenoxy) is 1. The lowest BCUT2D eigenvalue weighted by molar-refractivity contribution is -0.149. The standard InChI is InChI=1S/C13H20N2O4/c1-3-8-6-13(8,12(18)19-4-2)15-11(17)10-5-9(16)7-14-10/h3,8-10,14,16H,1,4-7H2,2H3,(H,15,17)/t8-,9+,10?,13-/m1/s1. The third-order valence-electron chi connectivity index (χ3n) is 3.71. The fourth-order valence-electron chi connectivity index (χ4n) is 2.49. The number of carbonyl (C=O) groups is 2. The van der Waals surface area contributed by atoms with Gasteiger partial charge in [-0.2, -0.15) is 0 Å². The van der Waals surface area contributed by atoms with Crippen molar-refractivity contribution in [2.45, 2.75) is 37.5 Å². The fraction of sp³-hybridized carbons (Fsp3) is 0.692. The lowest BCUT2D eigenvalue weighted by atomic mass is 10.1. The topological polar surface area (TPSA) is 87.7 Å². The van der Waals surface area contributed by atoms with Crippen LogP contribution in [0.4, 0.5) is 0 Å². The Morgan fingerprint density at radius 2 is 2.37 bits per heavy atom. The molecule has 4 atom stereocenters. The molecular formula is C13H20N2O4. The molecule has 1 aliphatic carbocycles. The Morgan fingerprint density at radius 3 is 2.84 bits per heavy atom. The van der Waals surface area contributed by atoms with E-state index < -0.39 is 23.7 Å². The average molecular weight is 268 g/mol. The van der Waals surface area contributed by atoms with Gasteiger partial charge in [0.25, 0.3) is 0 Å². The predicted octanol–water partition coefficient (Wildman–Crippen LogP) is -0.667. The molecule has 0 aromatic rings. The summed E-state index contributed by atoms with van der Waals surface area (Å²) in [4.78, 5) is 24.0. The number of rotatable bonds is 5. The van der Waals surface area contributed by atoms with Crippen LogP contribution in [0.15, 0.2) is 12.7 Å². The van der Waals surface area contributed by atoms with Crippen LogP contribution in [0, 0.1) is 5.92 Å². The molecule has 0 spiro atoms. The zero-order valence-electron chi connectivity index (χ0n) is 11.0. The molecular weight excluding hydrogens is 248 g/mol. The van der Waals surface area contributed by atoms with Crippen molar-refractivity contribution in [3.05, 3.63) is 12.7 Å². The van der Waals surface area contributed by atoms with Gasteiger partial charge in [0.2, 0.25) is 5.91 Å². The van der Waals surface area contributed by atoms with Gasteiger partial charge >= 0.3 is 5.97 Å². The SMILES string of the molecule is C=C[C@@H]1C[C@]1(NC(=O)C1C[C@H](O)CN1)C(=O)OCC. The number of hydrogen-bond acceptors (Lipinski definition) is 5. The van der Waals surface area contributed by atoms with E-state index in [1.54, 1.807) is 13.0 Å². The Bertz CT molecular complexity index is 398. The van der Waals surface area contributed by atoms with Gasteiger partial charge in [0, 0.05) is 12.5 Å². The van der Waals surface area contributed by atoms with Crippen molar-refractivity contribution >= 4 is 11.9 Å². The van der Waals surface area contributed by atoms with E-state index in [1.165, 1.54) is 0 Å². The van der Waals surface area contributed by atoms with Crippen LogP contribution in [-0.2, 0) is 14.3 Å². The molecule has 0 aromatic heterocycles. The Balaban J connectivity index is 2.00. The van der Waals surface area contributed by atoms with E-state index in [2.05, 4.69) is 17.2 Å². The minimum absolute atomic E-state index is 0.0816. The molecule has 1 amide bonds. The van der Waals surface area contributed by atoms with Gasteiger partial charge in [-0.05, 0) is 19.8 Å². The molecule has 1 unspecified atom stereocenters. The summed E-state index contributed by atoms with van der Waals surface area (Å²) < 4.78 is 5.01. The van der Waals surface area contributed by atoms with Gasteiger partial charge in [-0.25, -0.2) is 4.79 Å². The van der Waals surface area contributed by atoms with Gasteiger partial charge in [0.05, 0.1) is 18.8 Å². The van der Waals surface area contributed by atoms with Gasteiger partial charge in [-0.3, -0.25) is 4.79 Å². The van der Waals surface area contributed by atoms with Crippen molar-refractivity contribution < 1.29 is 19.4 Å². The first-order chi connectivity index (χ1) is 9.03. The number of esters is 1. The number of aliphatic hydroxyl groups excluding tert-OH is 1. The monoisotopic (exact) mass is 268 g/mol. The zero-order chi connectivity index (χ0) is 14.0. The van der Waals surface area contributed by atoms with E-state index in [1.807, 2.05) is 0 Å². The van der Waals surface area contributed by atoms with Crippen molar-refractivity contribution in [1.29, 1.82) is 0 Å². The summed E-state index contributed by atoms with van der Waals surface area (Å²) in [6.07, 6.45) is 2.04. The fourth-order valence-corrected chi connectivity index (χ4v) is 2.49. The number of hydrogen-bond donors (Lipinski definition) is 3. The molecule has 19 heavy (non-hydrogen) atoms. The number of nitrogens with one attached hydrogen (secondary N) is 2. The summed E-state index contributed by atoms with van der Waals surface area (Å²) in [5, 5.41) is 15.1. The smallest absolute Gasteiger partial charge is 0.332 e. The number of amides is 1. The molecule has 2 aliphatic rings. The van der Waals surface area contributed by atoms with Gasteiger partial charge < -0.3 is 20.5 Å². The predicted molar refractivity (Wildman–Crippen MR) is 68.2 cm³/mol. The van der Waals surface area contributed by atoms with E-state index in [0.29, 0.717) is 19.4 Å². The molecule has 6 heteroatoms. The van der Waals surface area contributed by atoms with Crippen molar-refractivity contribution in [3.63, 3.8) is 0 Å². The van der Waals surface area contributed by atoms with Crippen molar-refractivity contribution in [2.75, 3.05) is 13.2 Å². The number of carbonyl (C=O) groups excluding carboxylic acids is 2. The lowest BCUT2D eigenvalue weighted by Crippen LogP contribution is -2.51. The third kappa shape index (κ3) is 2.64. The quantitative estimate of drug-likeness (QED) is 0.455. The maximum atomic E-state index is 12.1. The van der Waals surface area contributed by atoms with Crippen LogP contribution in [0.1, 0.15) is 19.8 Å². The Hall–Kier alpha value is -1.40. The first-order valence-corrected chi connectivity index (χ1v) is 6.56. The largest absolute Gasteiger partial charge is 0.464 e. The number of β-amino-alcohol motifs (C(OH)–C–C–N with tert-alkyl or cyclic N) is 1. The van der Waals surface area contributed by atoms with Crippen LogP contribution in [0.5, 0.6) is 0 Å². The second-order valence-electron chi connectivity index (χ2n) is 5.08. The Labute approximate surface area is 112 Å². The highest BCUT2D eigenvalue weighted by Gasteiger charge is 2.61. The van der Waals surface area contributed by atoms with Gasteiger partial charge in [-0.15, -0.1) is 6.58 Å². The summed E-state index contributed by atoms with van der Waals surface area (Å²) in [5.41, 5.74) is -0.954. The van der Waals surface area contributed by atoms with Crippen LogP contribution in [0.3, 0.4) is 0 Å². The van der Waals surface area contributed by atoms with Crippen molar-refractivity contribution in [2.24, 2.45) is 5.92 Å². The summed E-state index contributed by atoms with van der Waals surface area (Å²) in [7, 11) is 0. The van der Waals surface area contributed by atoms with E-state index in [-0.39, 0.29) is 18.4 Å². The van der Waals surface area contributed by atoms with Crippen molar-refractivity contribution in [1.82, 2.24) is 10.6 Å². The molecule has 1 heterocycles. The molecule has 0 radical (unpaired) electrons. The number of aliphatic hydroxyl groups is 1. The molecule has 1 saturated heterocycles. The molecule has 0 bridgehead atoms. The van der Waals surface area contributed by atoms with Crippen LogP contribution < -0.4 is 10.6 Å². The first-order valence-electron chi connectivity index (χ1n) is 6.56. The molecule has 1 aliphatic heterocycles. The lowest BCUT2D eigenvalue weighted by Gasteiger charge is -2.19. The Kier molecular flexibility index (Phi) is 3.91. The van der Waals surface area contributed by atoms with Gasteiger partial charge in [0.15, 0.2) is 0 Å². The third-order valence-corrected chi connectivity index (χ3v) is 3.71. The molecule has 2 rings (SSSR count). The maximum absolute atomic E-state index is 12.1. The molecule has 1 saturated carbocycles. The summed E-state index contributed by atoms with van der Waals surface area (Å²) in [5.74, 6) is -0.762. The van der Waals surface area contributed by atoms with E-state index in [9.17, 15) is 14.7 Å². The Morgan fingerprint density at radius 1 is 1.63 bits per heavy atom. The minimum atomic E-state index is -0.954. The van der Waals surface area contributed by atoms with Gasteiger partial charge in [-0.1, -0.05) is 6.08 Å². The first kappa shape index (κ1) is 14.0. The highest BCUT2D eigenvalue weighted by molar-refractivity contribution is 5.93. The second kappa shape index (κ2) is 5.30. The van der Waals surface area contributed by atoms with Crippen LogP contribution in [0.2, 0.25) is 0 Å². The van der Waals surface area contributed by atoms with Crippen LogP contribution in [0.25, 0.3) is 0 Å². The highest BCUT2D eigenvalue weighted by atomic mass is 16.5. The molecule has 0 aromatic carbocycles. The average Bonchev–Trinajstić information content (AvgIpc) is 2.92. The molecule has 6 nitrogen and oxygen atoms in total. The molecule has 3 N–H and O–H groups in total. The van der Waals surface area contributed by atoms with Crippen LogP contribution >= 0.6 is 0 Å². The normalized spacial score (nSPS) is 36.6. The van der Waals surface area contributed by atoms with E-state index in [0.717, 1.165) is 0 Å². The second-order valence-corrected chi connectivity index (χ2v) is 5.08. The summed E-state index contributed by atoms with van der Waals surface area (Å²) in [6, 6.07) is -0.452. The summed E-state index contributed by atoms with van der Waals surface area (Å²) >= 11 is 0. The van der Waals surface area contributed by atoms with E-state index in [4.69, 9.17) is 4.74 Å². The molecule has 106 valence electrons. The molecule has 2 fully saturated rings. The highest BCUT2D eigenvalue weighted by Crippen LogP contribution is 2.45. The minimum Gasteiger partial charge on any atom is -0.464 e. The zero-order valence-corrected chi connectivity index (χ0v) is 11.0. The van der Waals surface area contributed by atoms with Gasteiger partial charge in [0.1, 0.15) is 5.54 Å². The summed E-state index contributed by atoms with van der Waals surface area (Å²) in [6.45, 7) is 6.07. The van der Waals surface area contributed by atoms with E-state index >= 15 is 0 Å². The van der Waals surface area contributed by atoms with Crippen molar-refractivity contribution in [3.8, 4) is 0 Å². The van der Waals surface area contributed by atoms with Crippen LogP contribution in [-0.4, -0.2) is 47.8 Å². The maximum Gasteiger partial charge on any atom is 0.332 e.